The molecule has 5 heteroatoms. The summed E-state index contributed by atoms with van der Waals surface area (Å²) in [5.74, 6) is 0. The summed E-state index contributed by atoms with van der Waals surface area (Å²) in [4.78, 5) is 4.23. The lowest BCUT2D eigenvalue weighted by Crippen LogP contribution is -1.95. The summed E-state index contributed by atoms with van der Waals surface area (Å²) >= 11 is 1.23. The van der Waals surface area contributed by atoms with E-state index in [1.54, 1.807) is 6.92 Å². The molecule has 0 bridgehead atoms. The molecule has 0 amide bonds. The van der Waals surface area contributed by atoms with E-state index in [-0.39, 0.29) is 12.2 Å². The highest BCUT2D eigenvalue weighted by molar-refractivity contribution is 7.11. The van der Waals surface area contributed by atoms with Crippen molar-refractivity contribution in [3.63, 3.8) is 0 Å². The number of nitrogens with two attached hydrogens (primary N) is 1. The van der Waals surface area contributed by atoms with Crippen LogP contribution in [-0.2, 0) is 6.54 Å². The zero-order chi connectivity index (χ0) is 8.43. The van der Waals surface area contributed by atoms with Crippen LogP contribution in [0.15, 0.2) is 0 Å². The van der Waals surface area contributed by atoms with Crippen LogP contribution in [0.5, 0.6) is 0 Å². The lowest BCUT2D eigenvalue weighted by Gasteiger charge is -1.92. The number of thiazole rings is 1. The molecular formula is C6H8F2N2S. The van der Waals surface area contributed by atoms with Crippen LogP contribution in [0, 0.1) is 6.92 Å². The number of rotatable bonds is 2. The largest absolute Gasteiger partial charge is 0.325 e. The normalized spacial score (nSPS) is 11.0. The molecule has 1 aromatic heterocycles. The highest BCUT2D eigenvalue weighted by Crippen LogP contribution is 2.25. The predicted molar refractivity (Wildman–Crippen MR) is 39.7 cm³/mol. The van der Waals surface area contributed by atoms with E-state index in [2.05, 4.69) is 4.98 Å². The third-order valence-electron chi connectivity index (χ3n) is 1.26. The maximum atomic E-state index is 12.1. The summed E-state index contributed by atoms with van der Waals surface area (Å²) in [5, 5.41) is 0.567. The van der Waals surface area contributed by atoms with Crippen molar-refractivity contribution in [3.8, 4) is 0 Å². The first-order chi connectivity index (χ1) is 5.15. The van der Waals surface area contributed by atoms with Gasteiger partial charge in [-0.15, -0.1) is 11.3 Å². The Bertz CT molecular complexity index is 247. The van der Waals surface area contributed by atoms with Gasteiger partial charge in [0, 0.05) is 11.4 Å². The van der Waals surface area contributed by atoms with Crippen molar-refractivity contribution in [2.24, 2.45) is 5.73 Å². The fourth-order valence-corrected chi connectivity index (χ4v) is 1.57. The third kappa shape index (κ3) is 1.72. The van der Waals surface area contributed by atoms with Crippen LogP contribution in [-0.4, -0.2) is 4.98 Å². The van der Waals surface area contributed by atoms with Crippen LogP contribution in [0.2, 0.25) is 0 Å². The van der Waals surface area contributed by atoms with E-state index in [1.165, 1.54) is 11.3 Å². The molecular weight excluding hydrogens is 170 g/mol. The molecule has 0 radical (unpaired) electrons. The lowest BCUT2D eigenvalue weighted by molar-refractivity contribution is 0.146. The SMILES string of the molecule is Cc1sc(CN)nc1C(F)F. The minimum atomic E-state index is -2.48. The minimum Gasteiger partial charge on any atom is -0.325 e. The molecule has 0 aliphatic heterocycles. The van der Waals surface area contributed by atoms with Gasteiger partial charge in [-0.25, -0.2) is 13.8 Å². The van der Waals surface area contributed by atoms with Crippen LogP contribution < -0.4 is 5.73 Å². The summed E-state index contributed by atoms with van der Waals surface area (Å²) in [6.07, 6.45) is -2.48. The molecule has 0 aliphatic rings. The van der Waals surface area contributed by atoms with Crippen molar-refractivity contribution in [2.75, 3.05) is 0 Å². The van der Waals surface area contributed by atoms with E-state index in [0.29, 0.717) is 9.88 Å². The summed E-state index contributed by atoms with van der Waals surface area (Å²) < 4.78 is 24.2. The van der Waals surface area contributed by atoms with Crippen molar-refractivity contribution in [3.05, 3.63) is 15.6 Å². The second-order valence-corrected chi connectivity index (χ2v) is 3.34. The number of hydrogen-bond donors (Lipinski definition) is 1. The highest BCUT2D eigenvalue weighted by Gasteiger charge is 2.15. The van der Waals surface area contributed by atoms with E-state index in [1.807, 2.05) is 0 Å². The quantitative estimate of drug-likeness (QED) is 0.750. The first-order valence-corrected chi connectivity index (χ1v) is 3.91. The number of aryl methyl sites for hydroxylation is 1. The monoisotopic (exact) mass is 178 g/mol. The molecule has 1 rings (SSSR count). The summed E-state index contributed by atoms with van der Waals surface area (Å²) in [5.41, 5.74) is 5.11. The first-order valence-electron chi connectivity index (χ1n) is 3.09. The van der Waals surface area contributed by atoms with Crippen LogP contribution in [0.25, 0.3) is 0 Å². The summed E-state index contributed by atoms with van der Waals surface area (Å²) in [6.45, 7) is 1.86. The predicted octanol–water partition coefficient (Wildman–Crippen LogP) is 1.85. The van der Waals surface area contributed by atoms with E-state index in [9.17, 15) is 8.78 Å². The zero-order valence-corrected chi connectivity index (χ0v) is 6.79. The molecule has 0 aliphatic carbocycles. The smallest absolute Gasteiger partial charge is 0.281 e. The summed E-state index contributed by atoms with van der Waals surface area (Å²) in [7, 11) is 0. The molecule has 0 unspecified atom stereocenters. The number of nitrogens with zero attached hydrogens (tertiary/aromatic N) is 1. The van der Waals surface area contributed by atoms with Gasteiger partial charge in [0.25, 0.3) is 6.43 Å². The maximum Gasteiger partial charge on any atom is 0.281 e. The zero-order valence-electron chi connectivity index (χ0n) is 5.97. The summed E-state index contributed by atoms with van der Waals surface area (Å²) in [6, 6.07) is 0. The van der Waals surface area contributed by atoms with Gasteiger partial charge in [-0.2, -0.15) is 0 Å². The molecule has 0 saturated heterocycles. The second-order valence-electron chi connectivity index (χ2n) is 2.05. The number of alkyl halides is 2. The molecule has 2 N–H and O–H groups in total. The molecule has 0 saturated carbocycles. The molecule has 0 aromatic carbocycles. The van der Waals surface area contributed by atoms with E-state index < -0.39 is 6.43 Å². The van der Waals surface area contributed by atoms with Gasteiger partial charge in [0.15, 0.2) is 0 Å². The van der Waals surface area contributed by atoms with Gasteiger partial charge >= 0.3 is 0 Å². The Labute approximate surface area is 67.1 Å². The van der Waals surface area contributed by atoms with E-state index in [4.69, 9.17) is 5.73 Å². The molecule has 2 nitrogen and oxygen atoms in total. The molecule has 0 atom stereocenters. The standard InChI is InChI=1S/C6H8F2N2S/c1-3-5(6(7)8)10-4(2-9)11-3/h6H,2,9H2,1H3. The van der Waals surface area contributed by atoms with Gasteiger partial charge in [0.05, 0.1) is 0 Å². The fraction of sp³-hybridized carbons (Fsp3) is 0.500. The van der Waals surface area contributed by atoms with E-state index in [0.717, 1.165) is 0 Å². The molecule has 0 fully saturated rings. The van der Waals surface area contributed by atoms with E-state index >= 15 is 0 Å². The van der Waals surface area contributed by atoms with Crippen molar-refractivity contribution >= 4 is 11.3 Å². The van der Waals surface area contributed by atoms with Crippen LogP contribution >= 0.6 is 11.3 Å². The maximum absolute atomic E-state index is 12.1. The fourth-order valence-electron chi connectivity index (χ4n) is 0.755. The van der Waals surface area contributed by atoms with Crippen molar-refractivity contribution in [2.45, 2.75) is 19.9 Å². The molecule has 1 heterocycles. The van der Waals surface area contributed by atoms with Gasteiger partial charge in [-0.05, 0) is 6.92 Å². The average Bonchev–Trinajstić information content (AvgIpc) is 2.30. The highest BCUT2D eigenvalue weighted by atomic mass is 32.1. The van der Waals surface area contributed by atoms with Crippen LogP contribution in [0.1, 0.15) is 22.0 Å². The Hall–Kier alpha value is -0.550. The van der Waals surface area contributed by atoms with Gasteiger partial charge < -0.3 is 5.73 Å². The Morgan fingerprint density at radius 2 is 2.27 bits per heavy atom. The Kier molecular flexibility index (Phi) is 2.51. The number of hydrogen-bond acceptors (Lipinski definition) is 3. The Morgan fingerprint density at radius 3 is 2.55 bits per heavy atom. The minimum absolute atomic E-state index is 0.129. The second kappa shape index (κ2) is 3.23. The lowest BCUT2D eigenvalue weighted by atomic mass is 10.4. The molecule has 62 valence electrons. The van der Waals surface area contributed by atoms with Gasteiger partial charge in [-0.1, -0.05) is 0 Å². The van der Waals surface area contributed by atoms with Gasteiger partial charge in [0.1, 0.15) is 10.7 Å². The topological polar surface area (TPSA) is 38.9 Å². The van der Waals surface area contributed by atoms with Crippen molar-refractivity contribution in [1.82, 2.24) is 4.98 Å². The number of halogens is 2. The Balaban J connectivity index is 2.97. The van der Waals surface area contributed by atoms with Crippen molar-refractivity contribution in [1.29, 1.82) is 0 Å². The number of aromatic nitrogens is 1. The van der Waals surface area contributed by atoms with Crippen molar-refractivity contribution < 1.29 is 8.78 Å². The third-order valence-corrected chi connectivity index (χ3v) is 2.27. The molecule has 0 spiro atoms. The first kappa shape index (κ1) is 8.55. The molecule has 11 heavy (non-hydrogen) atoms. The van der Waals surface area contributed by atoms with Crippen LogP contribution in [0.3, 0.4) is 0 Å². The van der Waals surface area contributed by atoms with Gasteiger partial charge in [-0.3, -0.25) is 0 Å². The average molecular weight is 178 g/mol. The molecule has 1 aromatic rings. The van der Waals surface area contributed by atoms with Gasteiger partial charge in [0.2, 0.25) is 0 Å². The van der Waals surface area contributed by atoms with Crippen LogP contribution in [0.4, 0.5) is 8.78 Å². The Morgan fingerprint density at radius 1 is 1.64 bits per heavy atom.